The lowest BCUT2D eigenvalue weighted by Gasteiger charge is -2.30. The summed E-state index contributed by atoms with van der Waals surface area (Å²) in [6.07, 6.45) is 1.17. The summed E-state index contributed by atoms with van der Waals surface area (Å²) in [5.41, 5.74) is -0.469. The molecule has 0 saturated heterocycles. The van der Waals surface area contributed by atoms with Crippen LogP contribution in [-0.2, 0) is 4.79 Å². The third kappa shape index (κ3) is 3.49. The number of ketones is 1. The molecule has 1 rings (SSSR count). The van der Waals surface area contributed by atoms with Gasteiger partial charge < -0.3 is 5.11 Å². The van der Waals surface area contributed by atoms with Crippen molar-refractivity contribution in [1.82, 2.24) is 0 Å². The minimum Gasteiger partial charge on any atom is -0.386 e. The summed E-state index contributed by atoms with van der Waals surface area (Å²) < 4.78 is 0. The highest BCUT2D eigenvalue weighted by Gasteiger charge is 2.42. The maximum Gasteiger partial charge on any atom is 0.241 e. The predicted molar refractivity (Wildman–Crippen MR) is 63.2 cm³/mol. The molecule has 0 bridgehead atoms. The summed E-state index contributed by atoms with van der Waals surface area (Å²) in [6.45, 7) is 5.45. The van der Waals surface area contributed by atoms with Crippen molar-refractivity contribution in [3.63, 3.8) is 0 Å². The molecule has 0 aromatic carbocycles. The number of nitrogens with zero attached hydrogens (tertiary/aromatic N) is 1. The molecule has 5 nitrogen and oxygen atoms in total. The Bertz CT molecular complexity index is 308. The molecule has 0 heterocycles. The second kappa shape index (κ2) is 5.12. The molecule has 17 heavy (non-hydrogen) atoms. The first-order valence-corrected chi connectivity index (χ1v) is 6.08. The van der Waals surface area contributed by atoms with E-state index >= 15 is 0 Å². The molecule has 3 atom stereocenters. The molecule has 0 amide bonds. The topological polar surface area (TPSA) is 80.4 Å². The van der Waals surface area contributed by atoms with Crippen LogP contribution in [0.2, 0.25) is 0 Å². The first kappa shape index (κ1) is 14.1. The Labute approximate surface area is 101 Å². The van der Waals surface area contributed by atoms with E-state index in [1.807, 2.05) is 20.8 Å². The van der Waals surface area contributed by atoms with E-state index in [1.165, 1.54) is 0 Å². The average molecular weight is 243 g/mol. The first-order valence-electron chi connectivity index (χ1n) is 6.08. The van der Waals surface area contributed by atoms with Crippen LogP contribution < -0.4 is 0 Å². The fourth-order valence-corrected chi connectivity index (χ4v) is 2.32. The van der Waals surface area contributed by atoms with E-state index in [-0.39, 0.29) is 18.1 Å². The van der Waals surface area contributed by atoms with E-state index in [0.717, 1.165) is 6.42 Å². The monoisotopic (exact) mass is 243 g/mol. The number of aliphatic hydroxyl groups is 1. The SMILES string of the molecule is CC(C)(C)C(=O)CC1CCCC(O)C1[N+](=O)[O-]. The van der Waals surface area contributed by atoms with E-state index in [2.05, 4.69) is 0 Å². The van der Waals surface area contributed by atoms with E-state index in [9.17, 15) is 20.0 Å². The number of Topliss-reactive ketones (excluding diaryl/α,β-unsaturated/α-hetero) is 1. The van der Waals surface area contributed by atoms with Crippen LogP contribution in [0.1, 0.15) is 46.5 Å². The van der Waals surface area contributed by atoms with Crippen LogP contribution in [0, 0.1) is 21.4 Å². The van der Waals surface area contributed by atoms with Gasteiger partial charge in [0.1, 0.15) is 11.9 Å². The summed E-state index contributed by atoms with van der Waals surface area (Å²) >= 11 is 0. The number of nitro groups is 1. The Morgan fingerprint density at radius 3 is 2.47 bits per heavy atom. The number of hydrogen-bond acceptors (Lipinski definition) is 4. The molecule has 0 aromatic rings. The highest BCUT2D eigenvalue weighted by molar-refractivity contribution is 5.83. The molecule has 0 radical (unpaired) electrons. The minimum absolute atomic E-state index is 0.0310. The number of carbonyl (C=O) groups is 1. The van der Waals surface area contributed by atoms with Gasteiger partial charge in [-0.25, -0.2) is 0 Å². The van der Waals surface area contributed by atoms with Crippen LogP contribution in [0.25, 0.3) is 0 Å². The third-order valence-electron chi connectivity index (χ3n) is 3.48. The van der Waals surface area contributed by atoms with Crippen LogP contribution in [0.15, 0.2) is 0 Å². The number of aliphatic hydroxyl groups excluding tert-OH is 1. The molecule has 0 aromatic heterocycles. The van der Waals surface area contributed by atoms with Crippen molar-refractivity contribution in [3.8, 4) is 0 Å². The van der Waals surface area contributed by atoms with Gasteiger partial charge >= 0.3 is 0 Å². The van der Waals surface area contributed by atoms with Crippen molar-refractivity contribution >= 4 is 5.78 Å². The van der Waals surface area contributed by atoms with Gasteiger partial charge in [-0.05, 0) is 12.8 Å². The zero-order chi connectivity index (χ0) is 13.2. The Morgan fingerprint density at radius 2 is 2.00 bits per heavy atom. The average Bonchev–Trinajstić information content (AvgIpc) is 2.15. The zero-order valence-electron chi connectivity index (χ0n) is 10.7. The highest BCUT2D eigenvalue weighted by Crippen LogP contribution is 2.32. The minimum atomic E-state index is -0.977. The second-order valence-electron chi connectivity index (χ2n) is 5.91. The molecule has 3 unspecified atom stereocenters. The van der Waals surface area contributed by atoms with Crippen LogP contribution in [-0.4, -0.2) is 28.0 Å². The summed E-state index contributed by atoms with van der Waals surface area (Å²) in [5.74, 6) is -0.288. The van der Waals surface area contributed by atoms with Crippen molar-refractivity contribution in [3.05, 3.63) is 10.1 Å². The molecule has 5 heteroatoms. The maximum absolute atomic E-state index is 11.9. The number of rotatable bonds is 3. The molecule has 0 aliphatic heterocycles. The van der Waals surface area contributed by atoms with E-state index < -0.39 is 22.5 Å². The van der Waals surface area contributed by atoms with Crippen LogP contribution >= 0.6 is 0 Å². The van der Waals surface area contributed by atoms with Crippen LogP contribution in [0.5, 0.6) is 0 Å². The number of hydrogen-bond donors (Lipinski definition) is 1. The van der Waals surface area contributed by atoms with Gasteiger partial charge in [0.15, 0.2) is 0 Å². The van der Waals surface area contributed by atoms with Crippen molar-refractivity contribution in [1.29, 1.82) is 0 Å². The van der Waals surface area contributed by atoms with Crippen molar-refractivity contribution < 1.29 is 14.8 Å². The van der Waals surface area contributed by atoms with E-state index in [4.69, 9.17) is 0 Å². The largest absolute Gasteiger partial charge is 0.386 e. The van der Waals surface area contributed by atoms with Gasteiger partial charge in [-0.1, -0.05) is 27.2 Å². The molecule has 98 valence electrons. The molecule has 0 spiro atoms. The van der Waals surface area contributed by atoms with Gasteiger partial charge in [0, 0.05) is 22.7 Å². The smallest absolute Gasteiger partial charge is 0.241 e. The molecule has 1 saturated carbocycles. The summed E-state index contributed by atoms with van der Waals surface area (Å²) in [7, 11) is 0. The lowest BCUT2D eigenvalue weighted by atomic mass is 9.76. The Morgan fingerprint density at radius 1 is 1.41 bits per heavy atom. The van der Waals surface area contributed by atoms with Gasteiger partial charge in [0.05, 0.1) is 0 Å². The molecular formula is C12H21NO4. The Hall–Kier alpha value is -0.970. The Balaban J connectivity index is 2.74. The van der Waals surface area contributed by atoms with Crippen molar-refractivity contribution in [2.45, 2.75) is 58.6 Å². The van der Waals surface area contributed by atoms with E-state index in [1.54, 1.807) is 0 Å². The van der Waals surface area contributed by atoms with Gasteiger partial charge in [-0.3, -0.25) is 14.9 Å². The fourth-order valence-electron chi connectivity index (χ4n) is 2.32. The summed E-state index contributed by atoms with van der Waals surface area (Å²) in [5, 5.41) is 20.6. The van der Waals surface area contributed by atoms with Gasteiger partial charge in [0.25, 0.3) is 0 Å². The quantitative estimate of drug-likeness (QED) is 0.605. The lowest BCUT2D eigenvalue weighted by Crippen LogP contribution is -2.44. The van der Waals surface area contributed by atoms with Crippen LogP contribution in [0.3, 0.4) is 0 Å². The second-order valence-corrected chi connectivity index (χ2v) is 5.91. The maximum atomic E-state index is 11.9. The molecule has 1 N–H and O–H groups in total. The van der Waals surface area contributed by atoms with Crippen LogP contribution in [0.4, 0.5) is 0 Å². The molecule has 1 aliphatic carbocycles. The molecular weight excluding hydrogens is 222 g/mol. The van der Waals surface area contributed by atoms with Gasteiger partial charge in [0.2, 0.25) is 6.04 Å². The molecule has 1 fully saturated rings. The predicted octanol–water partition coefficient (Wildman–Crippen LogP) is 1.80. The standard InChI is InChI=1S/C12H21NO4/c1-12(2,3)10(15)7-8-5-4-6-9(14)11(8)13(16)17/h8-9,11,14H,4-7H2,1-3H3. The van der Waals surface area contributed by atoms with E-state index in [0.29, 0.717) is 12.8 Å². The lowest BCUT2D eigenvalue weighted by molar-refractivity contribution is -0.547. The zero-order valence-corrected chi connectivity index (χ0v) is 10.7. The summed E-state index contributed by atoms with van der Waals surface area (Å²) in [4.78, 5) is 22.4. The number of carbonyl (C=O) groups excluding carboxylic acids is 1. The first-order chi connectivity index (χ1) is 7.73. The van der Waals surface area contributed by atoms with Gasteiger partial charge in [-0.15, -0.1) is 0 Å². The normalized spacial score (nSPS) is 30.0. The fraction of sp³-hybridized carbons (Fsp3) is 0.917. The summed E-state index contributed by atoms with van der Waals surface area (Å²) in [6, 6.07) is -0.977. The molecule has 1 aliphatic rings. The van der Waals surface area contributed by atoms with Gasteiger partial charge in [-0.2, -0.15) is 0 Å². The highest BCUT2D eigenvalue weighted by atomic mass is 16.6. The van der Waals surface area contributed by atoms with Crippen molar-refractivity contribution in [2.24, 2.45) is 11.3 Å². The Kier molecular flexibility index (Phi) is 4.25. The third-order valence-corrected chi connectivity index (χ3v) is 3.48. The van der Waals surface area contributed by atoms with Crippen molar-refractivity contribution in [2.75, 3.05) is 0 Å².